The first kappa shape index (κ1) is 22.9. The Hall–Kier alpha value is -2.81. The van der Waals surface area contributed by atoms with Gasteiger partial charge < -0.3 is 24.3 Å². The van der Waals surface area contributed by atoms with Crippen LogP contribution in [0, 0.1) is 0 Å². The maximum atomic E-state index is 5.43. The number of nitrogens with zero attached hydrogens (tertiary/aromatic N) is 6. The van der Waals surface area contributed by atoms with E-state index in [0.29, 0.717) is 0 Å². The zero-order valence-corrected chi connectivity index (χ0v) is 19.0. The van der Waals surface area contributed by atoms with E-state index in [-0.39, 0.29) is 0 Å². The molecule has 9 nitrogen and oxygen atoms in total. The van der Waals surface area contributed by atoms with E-state index >= 15 is 0 Å². The summed E-state index contributed by atoms with van der Waals surface area (Å²) < 4.78 is 12.8. The second kappa shape index (κ2) is 12.1. The number of aromatic nitrogens is 3. The number of rotatable bonds is 10. The summed E-state index contributed by atoms with van der Waals surface area (Å²) in [6.07, 6.45) is 5.63. The van der Waals surface area contributed by atoms with E-state index in [1.165, 1.54) is 5.56 Å². The van der Waals surface area contributed by atoms with Crippen molar-refractivity contribution in [3.63, 3.8) is 0 Å². The van der Waals surface area contributed by atoms with Gasteiger partial charge in [-0.15, -0.1) is 10.2 Å². The molecule has 9 heteroatoms. The Bertz CT molecular complexity index is 802. The van der Waals surface area contributed by atoms with E-state index in [1.54, 1.807) is 26.9 Å². The second-order valence-electron chi connectivity index (χ2n) is 7.60. The Morgan fingerprint density at radius 1 is 1.03 bits per heavy atom. The number of piperazine rings is 1. The van der Waals surface area contributed by atoms with Crippen LogP contribution in [-0.2, 0) is 13.1 Å². The minimum absolute atomic E-state index is 0.768. The molecule has 1 aliphatic rings. The monoisotopic (exact) mass is 429 g/mol. The molecule has 170 valence electrons. The number of aliphatic imine (C=N–C) groups is 1. The van der Waals surface area contributed by atoms with Gasteiger partial charge in [0.1, 0.15) is 12.7 Å². The highest BCUT2D eigenvalue weighted by Crippen LogP contribution is 2.28. The number of aryl methyl sites for hydroxylation is 1. The molecule has 0 aliphatic carbocycles. The zero-order chi connectivity index (χ0) is 21.9. The maximum absolute atomic E-state index is 5.43. The fraction of sp³-hybridized carbons (Fsp3) is 0.591. The van der Waals surface area contributed by atoms with E-state index in [4.69, 9.17) is 14.5 Å². The second-order valence-corrected chi connectivity index (χ2v) is 7.60. The minimum atomic E-state index is 0.768. The van der Waals surface area contributed by atoms with Crippen LogP contribution in [0.15, 0.2) is 35.8 Å². The summed E-state index contributed by atoms with van der Waals surface area (Å²) in [4.78, 5) is 9.69. The zero-order valence-electron chi connectivity index (χ0n) is 19.0. The summed E-state index contributed by atoms with van der Waals surface area (Å²) in [5, 5.41) is 11.1. The molecule has 1 saturated heterocycles. The largest absolute Gasteiger partial charge is 0.493 e. The lowest BCUT2D eigenvalue weighted by atomic mass is 10.1. The fourth-order valence-electron chi connectivity index (χ4n) is 3.71. The molecule has 0 bridgehead atoms. The number of hydrogen-bond acceptors (Lipinski definition) is 6. The highest BCUT2D eigenvalue weighted by Gasteiger charge is 2.20. The summed E-state index contributed by atoms with van der Waals surface area (Å²) in [5.74, 6) is 2.58. The molecule has 1 aromatic carbocycles. The number of ether oxygens (including phenoxy) is 2. The molecular weight excluding hydrogens is 394 g/mol. The molecule has 2 aromatic rings. The number of methoxy groups -OCH3 is 2. The number of benzene rings is 1. The van der Waals surface area contributed by atoms with E-state index in [2.05, 4.69) is 44.4 Å². The smallest absolute Gasteiger partial charge is 0.194 e. The Labute approximate surface area is 185 Å². The van der Waals surface area contributed by atoms with Gasteiger partial charge >= 0.3 is 0 Å². The number of hydrogen-bond donors (Lipinski definition) is 1. The van der Waals surface area contributed by atoms with Crippen molar-refractivity contribution < 1.29 is 9.47 Å². The van der Waals surface area contributed by atoms with Crippen molar-refractivity contribution in [1.29, 1.82) is 0 Å². The van der Waals surface area contributed by atoms with E-state index in [9.17, 15) is 0 Å². The molecule has 0 saturated carbocycles. The summed E-state index contributed by atoms with van der Waals surface area (Å²) in [5.41, 5.74) is 1.24. The van der Waals surface area contributed by atoms with Gasteiger partial charge in [0.25, 0.3) is 0 Å². The third-order valence-electron chi connectivity index (χ3n) is 5.41. The van der Waals surface area contributed by atoms with Crippen LogP contribution >= 0.6 is 0 Å². The average Bonchev–Trinajstić information content (AvgIpc) is 3.32. The molecule has 1 N–H and O–H groups in total. The van der Waals surface area contributed by atoms with Gasteiger partial charge in [-0.3, -0.25) is 9.89 Å². The lowest BCUT2D eigenvalue weighted by Gasteiger charge is -2.36. The lowest BCUT2D eigenvalue weighted by molar-refractivity contribution is 0.172. The molecule has 1 fully saturated rings. The SMILES string of the molecule is CCNC(=NCCCCn1cnnc1)N1CCN(Cc2ccc(OC)c(OC)c2)CC1. The van der Waals surface area contributed by atoms with Crippen molar-refractivity contribution >= 4 is 5.96 Å². The minimum Gasteiger partial charge on any atom is -0.493 e. The maximum Gasteiger partial charge on any atom is 0.194 e. The third kappa shape index (κ3) is 6.85. The van der Waals surface area contributed by atoms with Gasteiger partial charge in [0, 0.05) is 52.4 Å². The number of nitrogens with one attached hydrogen (secondary N) is 1. The summed E-state index contributed by atoms with van der Waals surface area (Å²) in [6.45, 7) is 9.63. The van der Waals surface area contributed by atoms with Crippen LogP contribution in [0.4, 0.5) is 0 Å². The van der Waals surface area contributed by atoms with Crippen LogP contribution in [0.3, 0.4) is 0 Å². The van der Waals surface area contributed by atoms with Crippen molar-refractivity contribution in [3.8, 4) is 11.5 Å². The van der Waals surface area contributed by atoms with Gasteiger partial charge in [-0.25, -0.2) is 0 Å². The Morgan fingerprint density at radius 2 is 1.77 bits per heavy atom. The van der Waals surface area contributed by atoms with Crippen LogP contribution in [0.5, 0.6) is 11.5 Å². The summed E-state index contributed by atoms with van der Waals surface area (Å²) in [6, 6.07) is 6.15. The molecule has 1 aliphatic heterocycles. The van der Waals surface area contributed by atoms with Crippen LogP contribution in [0.1, 0.15) is 25.3 Å². The molecule has 2 heterocycles. The number of guanidine groups is 1. The average molecular weight is 430 g/mol. The topological polar surface area (TPSA) is 80.0 Å². The van der Waals surface area contributed by atoms with Gasteiger partial charge in [0.15, 0.2) is 17.5 Å². The molecule has 1 aromatic heterocycles. The van der Waals surface area contributed by atoms with E-state index in [1.807, 2.05) is 10.6 Å². The fourth-order valence-corrected chi connectivity index (χ4v) is 3.71. The predicted molar refractivity (Wildman–Crippen MR) is 122 cm³/mol. The summed E-state index contributed by atoms with van der Waals surface area (Å²) in [7, 11) is 3.34. The molecule has 0 spiro atoms. The van der Waals surface area contributed by atoms with Gasteiger partial charge in [-0.1, -0.05) is 6.07 Å². The standard InChI is InChI=1S/C22H35N7O2/c1-4-23-22(24-9-5-6-10-28-17-25-26-18-28)29-13-11-27(12-14-29)16-19-7-8-20(30-2)21(15-19)31-3/h7-8,15,17-18H,4-6,9-14,16H2,1-3H3,(H,23,24). The van der Waals surface area contributed by atoms with E-state index < -0.39 is 0 Å². The predicted octanol–water partition coefficient (Wildman–Crippen LogP) is 1.86. The molecular formula is C22H35N7O2. The lowest BCUT2D eigenvalue weighted by Crippen LogP contribution is -2.52. The van der Waals surface area contributed by atoms with Gasteiger partial charge in [-0.2, -0.15) is 0 Å². The molecule has 0 amide bonds. The Kier molecular flexibility index (Phi) is 8.96. The van der Waals surface area contributed by atoms with Crippen molar-refractivity contribution in [2.45, 2.75) is 32.9 Å². The highest BCUT2D eigenvalue weighted by molar-refractivity contribution is 5.80. The summed E-state index contributed by atoms with van der Waals surface area (Å²) >= 11 is 0. The van der Waals surface area contributed by atoms with Crippen LogP contribution in [0.25, 0.3) is 0 Å². The van der Waals surface area contributed by atoms with E-state index in [0.717, 1.165) is 82.7 Å². The Morgan fingerprint density at radius 3 is 2.45 bits per heavy atom. The molecule has 0 radical (unpaired) electrons. The number of unbranched alkanes of at least 4 members (excludes halogenated alkanes) is 1. The first-order valence-corrected chi connectivity index (χ1v) is 11.0. The normalized spacial score (nSPS) is 15.2. The van der Waals surface area contributed by atoms with Crippen molar-refractivity contribution in [2.24, 2.45) is 4.99 Å². The molecule has 0 atom stereocenters. The van der Waals surface area contributed by atoms with Crippen LogP contribution in [0.2, 0.25) is 0 Å². The molecule has 3 rings (SSSR count). The van der Waals surface area contributed by atoms with Gasteiger partial charge in [-0.05, 0) is 37.5 Å². The van der Waals surface area contributed by atoms with Crippen molar-refractivity contribution in [3.05, 3.63) is 36.4 Å². The molecule has 0 unspecified atom stereocenters. The highest BCUT2D eigenvalue weighted by atomic mass is 16.5. The first-order valence-electron chi connectivity index (χ1n) is 11.0. The van der Waals surface area contributed by atoms with Gasteiger partial charge in [0.05, 0.1) is 14.2 Å². The first-order chi connectivity index (χ1) is 15.2. The third-order valence-corrected chi connectivity index (χ3v) is 5.41. The quantitative estimate of drug-likeness (QED) is 0.351. The van der Waals surface area contributed by atoms with Crippen LogP contribution < -0.4 is 14.8 Å². The van der Waals surface area contributed by atoms with Crippen molar-refractivity contribution in [1.82, 2.24) is 29.9 Å². The molecule has 31 heavy (non-hydrogen) atoms. The van der Waals surface area contributed by atoms with Crippen molar-refractivity contribution in [2.75, 3.05) is 53.5 Å². The van der Waals surface area contributed by atoms with Gasteiger partial charge in [0.2, 0.25) is 0 Å². The van der Waals surface area contributed by atoms with Crippen LogP contribution in [-0.4, -0.2) is 84.0 Å². The Balaban J connectivity index is 1.45.